The molecule has 200 valence electrons. The maximum Gasteiger partial charge on any atom is 0.213 e. The van der Waals surface area contributed by atoms with Gasteiger partial charge in [0.15, 0.2) is 17.5 Å². The highest BCUT2D eigenvalue weighted by Crippen LogP contribution is 2.27. The molecule has 2 heterocycles. The lowest BCUT2D eigenvalue weighted by atomic mass is 10.0. The lowest BCUT2D eigenvalue weighted by Crippen LogP contribution is -2.00. The van der Waals surface area contributed by atoms with Gasteiger partial charge in [0.1, 0.15) is 0 Å². The number of rotatable bonds is 17. The summed E-state index contributed by atoms with van der Waals surface area (Å²) in [6.07, 6.45) is 19.2. The van der Waals surface area contributed by atoms with Gasteiger partial charge in [-0.3, -0.25) is 0 Å². The number of hydrogen-bond acceptors (Lipinski definition) is 4. The molecule has 0 aliphatic rings. The van der Waals surface area contributed by atoms with Crippen molar-refractivity contribution in [3.8, 4) is 28.4 Å². The van der Waals surface area contributed by atoms with Gasteiger partial charge < -0.3 is 4.74 Å². The van der Waals surface area contributed by atoms with Gasteiger partial charge in [-0.1, -0.05) is 90.2 Å². The monoisotopic (exact) mass is 509 g/mol. The average molecular weight is 510 g/mol. The molecule has 2 aromatic heterocycles. The van der Waals surface area contributed by atoms with E-state index < -0.39 is 11.6 Å². The number of nitrogens with zero attached hydrogens (tertiary/aromatic N) is 3. The van der Waals surface area contributed by atoms with E-state index >= 15 is 0 Å². The zero-order valence-electron chi connectivity index (χ0n) is 22.4. The summed E-state index contributed by atoms with van der Waals surface area (Å²) in [7, 11) is 0. The lowest BCUT2D eigenvalue weighted by Gasteiger charge is -2.09. The number of halogens is 2. The number of hydrogen-bond donors (Lipinski definition) is 0. The van der Waals surface area contributed by atoms with Gasteiger partial charge in [-0.2, -0.15) is 0 Å². The van der Waals surface area contributed by atoms with Crippen molar-refractivity contribution in [3.63, 3.8) is 0 Å². The molecule has 0 aliphatic carbocycles. The van der Waals surface area contributed by atoms with E-state index in [-0.39, 0.29) is 5.56 Å². The first-order valence-electron chi connectivity index (χ1n) is 14.0. The number of aryl methyl sites for hydroxylation is 1. The molecule has 0 fully saturated rings. The van der Waals surface area contributed by atoms with E-state index in [0.29, 0.717) is 35.9 Å². The summed E-state index contributed by atoms with van der Waals surface area (Å²) < 4.78 is 35.3. The van der Waals surface area contributed by atoms with E-state index in [9.17, 15) is 8.78 Å². The SMILES string of the molecule is CCCCCCCCOc1ccc(-c2ncc(-c3ccc(CCCCCCCC)c(F)c3F)cn2)cn1. The Hall–Kier alpha value is -2.89. The van der Waals surface area contributed by atoms with Crippen LogP contribution in [0.1, 0.15) is 96.5 Å². The highest BCUT2D eigenvalue weighted by atomic mass is 19.2. The van der Waals surface area contributed by atoms with Gasteiger partial charge in [0, 0.05) is 41.3 Å². The molecule has 3 rings (SSSR count). The molecule has 0 radical (unpaired) electrons. The summed E-state index contributed by atoms with van der Waals surface area (Å²) >= 11 is 0. The van der Waals surface area contributed by atoms with Gasteiger partial charge in [-0.15, -0.1) is 0 Å². The van der Waals surface area contributed by atoms with Gasteiger partial charge in [-0.25, -0.2) is 23.7 Å². The van der Waals surface area contributed by atoms with Gasteiger partial charge in [0.05, 0.1) is 6.61 Å². The molecule has 6 heteroatoms. The maximum atomic E-state index is 14.8. The molecule has 37 heavy (non-hydrogen) atoms. The van der Waals surface area contributed by atoms with Crippen LogP contribution in [-0.2, 0) is 6.42 Å². The van der Waals surface area contributed by atoms with E-state index in [1.807, 2.05) is 6.07 Å². The van der Waals surface area contributed by atoms with Gasteiger partial charge >= 0.3 is 0 Å². The minimum atomic E-state index is -0.839. The number of pyridine rings is 1. The highest BCUT2D eigenvalue weighted by Gasteiger charge is 2.15. The zero-order valence-corrected chi connectivity index (χ0v) is 22.4. The first-order valence-corrected chi connectivity index (χ1v) is 14.0. The Labute approximate surface area is 220 Å². The van der Waals surface area contributed by atoms with Crippen LogP contribution in [0.15, 0.2) is 42.9 Å². The normalized spacial score (nSPS) is 11.1. The Bertz CT molecular complexity index is 1060. The summed E-state index contributed by atoms with van der Waals surface area (Å²) in [5, 5.41) is 0. The first-order chi connectivity index (χ1) is 18.1. The Morgan fingerprint density at radius 3 is 1.89 bits per heavy atom. The lowest BCUT2D eigenvalue weighted by molar-refractivity contribution is 0.293. The van der Waals surface area contributed by atoms with Crippen molar-refractivity contribution >= 4 is 0 Å². The van der Waals surface area contributed by atoms with Crippen LogP contribution in [0, 0.1) is 11.6 Å². The predicted octanol–water partition coefficient (Wildman–Crippen LogP) is 9.13. The molecule has 1 aromatic carbocycles. The van der Waals surface area contributed by atoms with Gasteiger partial charge in [-0.05, 0) is 30.9 Å². The van der Waals surface area contributed by atoms with Crippen LogP contribution >= 0.6 is 0 Å². The van der Waals surface area contributed by atoms with Crippen molar-refractivity contribution in [3.05, 3.63) is 60.1 Å². The van der Waals surface area contributed by atoms with Crippen LogP contribution in [0.2, 0.25) is 0 Å². The Morgan fingerprint density at radius 1 is 0.622 bits per heavy atom. The quantitative estimate of drug-likeness (QED) is 0.170. The van der Waals surface area contributed by atoms with Gasteiger partial charge in [0.2, 0.25) is 5.88 Å². The molecule has 0 atom stereocenters. The molecule has 0 unspecified atom stereocenters. The summed E-state index contributed by atoms with van der Waals surface area (Å²) in [6, 6.07) is 6.97. The van der Waals surface area contributed by atoms with E-state index in [1.54, 1.807) is 24.4 Å². The summed E-state index contributed by atoms with van der Waals surface area (Å²) in [4.78, 5) is 13.1. The molecule has 0 spiro atoms. The summed E-state index contributed by atoms with van der Waals surface area (Å²) in [5.74, 6) is -0.559. The fourth-order valence-electron chi connectivity index (χ4n) is 4.37. The molecular formula is C31H41F2N3O. The Balaban J connectivity index is 1.53. The van der Waals surface area contributed by atoms with Crippen molar-refractivity contribution in [1.29, 1.82) is 0 Å². The highest BCUT2D eigenvalue weighted by molar-refractivity contribution is 5.64. The van der Waals surface area contributed by atoms with Crippen LogP contribution in [0.4, 0.5) is 8.78 Å². The van der Waals surface area contributed by atoms with E-state index in [4.69, 9.17) is 4.74 Å². The first kappa shape index (κ1) is 28.7. The van der Waals surface area contributed by atoms with Crippen LogP contribution in [-0.4, -0.2) is 21.6 Å². The largest absolute Gasteiger partial charge is 0.478 e. The molecule has 3 aromatic rings. The van der Waals surface area contributed by atoms with Crippen molar-refractivity contribution < 1.29 is 13.5 Å². The maximum absolute atomic E-state index is 14.8. The summed E-state index contributed by atoms with van der Waals surface area (Å²) in [6.45, 7) is 5.05. The third kappa shape index (κ3) is 9.17. The zero-order chi connectivity index (χ0) is 26.3. The van der Waals surface area contributed by atoms with Crippen molar-refractivity contribution in [1.82, 2.24) is 15.0 Å². The van der Waals surface area contributed by atoms with E-state index in [0.717, 1.165) is 31.2 Å². The average Bonchev–Trinajstić information content (AvgIpc) is 2.93. The number of benzene rings is 1. The predicted molar refractivity (Wildman–Crippen MR) is 147 cm³/mol. The smallest absolute Gasteiger partial charge is 0.213 e. The van der Waals surface area contributed by atoms with E-state index in [2.05, 4.69) is 28.8 Å². The third-order valence-electron chi connectivity index (χ3n) is 6.67. The Morgan fingerprint density at radius 2 is 1.24 bits per heavy atom. The summed E-state index contributed by atoms with van der Waals surface area (Å²) in [5.41, 5.74) is 1.78. The standard InChI is InChI=1S/C31H41F2N3O/c1-3-5-7-9-11-13-15-24-16-18-27(30(33)29(24)32)26-22-35-31(36-23-26)25-17-19-28(34-21-25)37-20-14-12-10-8-6-4-2/h16-19,21-23H,3-15,20H2,1-2H3. The van der Waals surface area contributed by atoms with Crippen molar-refractivity contribution in [2.75, 3.05) is 6.61 Å². The minimum Gasteiger partial charge on any atom is -0.478 e. The van der Waals surface area contributed by atoms with Crippen LogP contribution in [0.3, 0.4) is 0 Å². The number of ether oxygens (including phenoxy) is 1. The number of unbranched alkanes of at least 4 members (excludes halogenated alkanes) is 10. The molecular weight excluding hydrogens is 468 g/mol. The molecule has 0 aliphatic heterocycles. The molecule has 0 N–H and O–H groups in total. The van der Waals surface area contributed by atoms with Crippen molar-refractivity contribution in [2.24, 2.45) is 0 Å². The molecule has 0 bridgehead atoms. The Kier molecular flexibility index (Phi) is 12.4. The van der Waals surface area contributed by atoms with Crippen LogP contribution < -0.4 is 4.74 Å². The van der Waals surface area contributed by atoms with Crippen LogP contribution in [0.5, 0.6) is 5.88 Å². The fraction of sp³-hybridized carbons (Fsp3) is 0.516. The molecule has 4 nitrogen and oxygen atoms in total. The second-order valence-electron chi connectivity index (χ2n) is 9.71. The third-order valence-corrected chi connectivity index (χ3v) is 6.67. The number of aromatic nitrogens is 3. The second kappa shape index (κ2) is 16.1. The van der Waals surface area contributed by atoms with E-state index in [1.165, 1.54) is 63.8 Å². The topological polar surface area (TPSA) is 47.9 Å². The minimum absolute atomic E-state index is 0.173. The van der Waals surface area contributed by atoms with Gasteiger partial charge in [0.25, 0.3) is 0 Å². The molecule has 0 saturated heterocycles. The molecule has 0 amide bonds. The van der Waals surface area contributed by atoms with Crippen LogP contribution in [0.25, 0.3) is 22.5 Å². The second-order valence-corrected chi connectivity index (χ2v) is 9.71. The molecule has 0 saturated carbocycles. The fourth-order valence-corrected chi connectivity index (χ4v) is 4.37. The van der Waals surface area contributed by atoms with Crippen molar-refractivity contribution in [2.45, 2.75) is 97.3 Å².